The van der Waals surface area contributed by atoms with Crippen molar-refractivity contribution in [1.82, 2.24) is 10.6 Å². The fourth-order valence-corrected chi connectivity index (χ4v) is 3.07. The molecule has 1 aliphatic rings. The van der Waals surface area contributed by atoms with E-state index in [1.807, 2.05) is 18.2 Å². The van der Waals surface area contributed by atoms with Gasteiger partial charge < -0.3 is 15.4 Å². The lowest BCUT2D eigenvalue weighted by atomic mass is 10.1. The summed E-state index contributed by atoms with van der Waals surface area (Å²) >= 11 is 0. The molecule has 142 valence electrons. The summed E-state index contributed by atoms with van der Waals surface area (Å²) in [5, 5.41) is 16.9. The first-order valence-electron chi connectivity index (χ1n) is 9.11. The van der Waals surface area contributed by atoms with Crippen molar-refractivity contribution in [2.45, 2.75) is 25.4 Å². The number of hydrogen-bond acceptors (Lipinski definition) is 5. The quantitative estimate of drug-likeness (QED) is 0.403. The number of para-hydroxylation sites is 1. The SMILES string of the molecule is O=C(NCCCCNCC1Cc2ccccc2O1)c1cccc([N+](=O)[O-])c1. The van der Waals surface area contributed by atoms with E-state index in [0.717, 1.165) is 38.1 Å². The van der Waals surface area contributed by atoms with Crippen molar-refractivity contribution >= 4 is 11.6 Å². The second-order valence-electron chi connectivity index (χ2n) is 6.53. The van der Waals surface area contributed by atoms with Gasteiger partial charge in [-0.25, -0.2) is 0 Å². The van der Waals surface area contributed by atoms with Gasteiger partial charge in [-0.15, -0.1) is 0 Å². The van der Waals surface area contributed by atoms with Crippen molar-refractivity contribution in [3.05, 3.63) is 69.8 Å². The van der Waals surface area contributed by atoms with Crippen LogP contribution < -0.4 is 15.4 Å². The number of rotatable bonds is 9. The normalized spacial score (nSPS) is 15.0. The van der Waals surface area contributed by atoms with Gasteiger partial charge in [-0.1, -0.05) is 24.3 Å². The Labute approximate surface area is 157 Å². The summed E-state index contributed by atoms with van der Waals surface area (Å²) < 4.78 is 5.87. The minimum atomic E-state index is -0.505. The number of nitrogens with one attached hydrogen (secondary N) is 2. The summed E-state index contributed by atoms with van der Waals surface area (Å²) in [6.07, 6.45) is 2.87. The van der Waals surface area contributed by atoms with Crippen LogP contribution in [-0.4, -0.2) is 36.6 Å². The molecule has 27 heavy (non-hydrogen) atoms. The van der Waals surface area contributed by atoms with E-state index in [1.54, 1.807) is 6.07 Å². The first-order chi connectivity index (χ1) is 13.1. The highest BCUT2D eigenvalue weighted by molar-refractivity contribution is 5.94. The molecule has 0 aromatic heterocycles. The fraction of sp³-hybridized carbons (Fsp3) is 0.350. The standard InChI is InChI=1S/C20H23N3O4/c24-20(16-7-5-8-17(12-16)23(25)26)22-11-4-3-10-21-14-18-13-15-6-1-2-9-19(15)27-18/h1-2,5-9,12,18,21H,3-4,10-11,13-14H2,(H,22,24). The maximum Gasteiger partial charge on any atom is 0.270 e. The molecule has 3 rings (SSSR count). The van der Waals surface area contributed by atoms with E-state index in [2.05, 4.69) is 16.7 Å². The van der Waals surface area contributed by atoms with Crippen molar-refractivity contribution in [2.24, 2.45) is 0 Å². The van der Waals surface area contributed by atoms with Gasteiger partial charge in [0.05, 0.1) is 4.92 Å². The number of hydrogen-bond donors (Lipinski definition) is 2. The Balaban J connectivity index is 1.27. The van der Waals surface area contributed by atoms with Crippen LogP contribution in [0, 0.1) is 10.1 Å². The van der Waals surface area contributed by atoms with Gasteiger partial charge in [-0.2, -0.15) is 0 Å². The third-order valence-corrected chi connectivity index (χ3v) is 4.47. The summed E-state index contributed by atoms with van der Waals surface area (Å²) in [4.78, 5) is 22.3. The highest BCUT2D eigenvalue weighted by atomic mass is 16.6. The minimum absolute atomic E-state index is 0.0804. The average Bonchev–Trinajstić information content (AvgIpc) is 3.10. The molecule has 7 heteroatoms. The molecule has 1 atom stereocenters. The zero-order valence-corrected chi connectivity index (χ0v) is 15.0. The molecule has 0 saturated heterocycles. The first kappa shape index (κ1) is 18.8. The van der Waals surface area contributed by atoms with E-state index < -0.39 is 4.92 Å². The first-order valence-corrected chi connectivity index (χ1v) is 9.11. The van der Waals surface area contributed by atoms with Crippen LogP contribution in [0.3, 0.4) is 0 Å². The van der Waals surface area contributed by atoms with Crippen LogP contribution >= 0.6 is 0 Å². The highest BCUT2D eigenvalue weighted by Crippen LogP contribution is 2.27. The number of benzene rings is 2. The summed E-state index contributed by atoms with van der Waals surface area (Å²) in [7, 11) is 0. The van der Waals surface area contributed by atoms with Gasteiger partial charge in [-0.05, 0) is 37.1 Å². The lowest BCUT2D eigenvalue weighted by molar-refractivity contribution is -0.384. The molecule has 1 aliphatic heterocycles. The average molecular weight is 369 g/mol. The fourth-order valence-electron chi connectivity index (χ4n) is 3.07. The van der Waals surface area contributed by atoms with E-state index in [9.17, 15) is 14.9 Å². The smallest absolute Gasteiger partial charge is 0.270 e. The van der Waals surface area contributed by atoms with Gasteiger partial charge in [0.25, 0.3) is 11.6 Å². The van der Waals surface area contributed by atoms with Crippen LogP contribution in [-0.2, 0) is 6.42 Å². The Morgan fingerprint density at radius 3 is 2.78 bits per heavy atom. The molecule has 0 bridgehead atoms. The lowest BCUT2D eigenvalue weighted by Gasteiger charge is -2.12. The second kappa shape index (κ2) is 9.14. The number of carbonyl (C=O) groups excluding carboxylic acids is 1. The molecule has 2 aromatic carbocycles. The zero-order valence-electron chi connectivity index (χ0n) is 15.0. The molecular formula is C20H23N3O4. The Hall–Kier alpha value is -2.93. The predicted octanol–water partition coefficient (Wildman–Crippen LogP) is 2.70. The van der Waals surface area contributed by atoms with Crippen molar-refractivity contribution in [3.63, 3.8) is 0 Å². The number of nitro benzene ring substituents is 1. The highest BCUT2D eigenvalue weighted by Gasteiger charge is 2.21. The van der Waals surface area contributed by atoms with Crippen LogP contribution in [0.25, 0.3) is 0 Å². The number of non-ortho nitro benzene ring substituents is 1. The van der Waals surface area contributed by atoms with Gasteiger partial charge in [0.2, 0.25) is 0 Å². The summed E-state index contributed by atoms with van der Waals surface area (Å²) in [5.74, 6) is 0.692. The zero-order chi connectivity index (χ0) is 19.1. The van der Waals surface area contributed by atoms with Crippen LogP contribution in [0.2, 0.25) is 0 Å². The molecule has 1 amide bonds. The van der Waals surface area contributed by atoms with Crippen molar-refractivity contribution in [1.29, 1.82) is 0 Å². The molecule has 0 aliphatic carbocycles. The van der Waals surface area contributed by atoms with Crippen molar-refractivity contribution in [2.75, 3.05) is 19.6 Å². The van der Waals surface area contributed by atoms with Crippen molar-refractivity contribution < 1.29 is 14.5 Å². The number of carbonyl (C=O) groups is 1. The van der Waals surface area contributed by atoms with E-state index in [0.29, 0.717) is 12.1 Å². The molecule has 0 radical (unpaired) electrons. The maximum absolute atomic E-state index is 12.0. The Kier molecular flexibility index (Phi) is 6.38. The third kappa shape index (κ3) is 5.27. The molecule has 0 fully saturated rings. The number of fused-ring (bicyclic) bond motifs is 1. The van der Waals surface area contributed by atoms with E-state index in [4.69, 9.17) is 4.74 Å². The Morgan fingerprint density at radius 1 is 1.15 bits per heavy atom. The number of nitro groups is 1. The number of amides is 1. The molecule has 7 nitrogen and oxygen atoms in total. The second-order valence-corrected chi connectivity index (χ2v) is 6.53. The number of nitrogens with zero attached hydrogens (tertiary/aromatic N) is 1. The monoisotopic (exact) mass is 369 g/mol. The topological polar surface area (TPSA) is 93.5 Å². The van der Waals surface area contributed by atoms with Gasteiger partial charge in [0.15, 0.2) is 0 Å². The largest absolute Gasteiger partial charge is 0.488 e. The molecule has 1 unspecified atom stereocenters. The molecular weight excluding hydrogens is 346 g/mol. The number of ether oxygens (including phenoxy) is 1. The van der Waals surface area contributed by atoms with E-state index in [-0.39, 0.29) is 17.7 Å². The van der Waals surface area contributed by atoms with Gasteiger partial charge in [0.1, 0.15) is 11.9 Å². The predicted molar refractivity (Wildman–Crippen MR) is 102 cm³/mol. The molecule has 0 spiro atoms. The molecule has 1 heterocycles. The van der Waals surface area contributed by atoms with Crippen LogP contribution in [0.5, 0.6) is 5.75 Å². The van der Waals surface area contributed by atoms with Gasteiger partial charge in [0, 0.05) is 37.2 Å². The maximum atomic E-state index is 12.0. The Bertz CT molecular complexity index is 784. The minimum Gasteiger partial charge on any atom is -0.488 e. The summed E-state index contributed by atoms with van der Waals surface area (Å²) in [5.41, 5.74) is 1.48. The summed E-state index contributed by atoms with van der Waals surface area (Å²) in [6.45, 7) is 2.19. The third-order valence-electron chi connectivity index (χ3n) is 4.47. The van der Waals surface area contributed by atoms with E-state index in [1.165, 1.54) is 23.8 Å². The van der Waals surface area contributed by atoms with Crippen LogP contribution in [0.15, 0.2) is 48.5 Å². The number of unbranched alkanes of at least 4 members (excludes halogenated alkanes) is 1. The van der Waals surface area contributed by atoms with Gasteiger partial charge in [-0.3, -0.25) is 14.9 Å². The Morgan fingerprint density at radius 2 is 1.96 bits per heavy atom. The van der Waals surface area contributed by atoms with Crippen LogP contribution in [0.4, 0.5) is 5.69 Å². The molecule has 2 aromatic rings. The molecule has 0 saturated carbocycles. The van der Waals surface area contributed by atoms with Crippen LogP contribution in [0.1, 0.15) is 28.8 Å². The molecule has 2 N–H and O–H groups in total. The lowest BCUT2D eigenvalue weighted by Crippen LogP contribution is -2.31. The van der Waals surface area contributed by atoms with E-state index >= 15 is 0 Å². The van der Waals surface area contributed by atoms with Gasteiger partial charge >= 0.3 is 0 Å². The van der Waals surface area contributed by atoms with Crippen molar-refractivity contribution in [3.8, 4) is 5.75 Å². The summed E-state index contributed by atoms with van der Waals surface area (Å²) in [6, 6.07) is 13.9.